The van der Waals surface area contributed by atoms with Gasteiger partial charge in [-0.3, -0.25) is 53.0 Å². The standard InChI is InChI=1S/C63H77IN8O20/c1-8-10-19-62(64,9-2)38-25-45(76)72(57(38)82)20-18-42(73)65-30-43(74)66-31-44(75)67-32-46(77)69(4)21-22-70(5)61(84)90-35-16-14-34(15-17-35)29-68-60(83)63(85)27-37-49(55(81)51-50(53(37)79)52(78)36-12-11-13-40(86-6)48(36)54(51)80)41(28-63)91-47-26-39-56(33(3)89-47)92-58-59(87-7)88-24-23-71(39)58/h9,11-17,33,38-39,41,47,56,58-59,79,81,85H,2,8,10,18-32H2,1,3-7H3,(H,65,73)(H,66,74)(H,67,75)(H,68,83)/t33-,38?,39-,41-,47-,56+,58+,59-,62?,63-/m0/s1. The molecule has 29 heteroatoms. The summed E-state index contributed by atoms with van der Waals surface area (Å²) in [6.07, 6.45) is -2.33. The van der Waals surface area contributed by atoms with Gasteiger partial charge in [0, 0.05) is 109 Å². The van der Waals surface area contributed by atoms with Gasteiger partial charge in [0.1, 0.15) is 34.7 Å². The number of aliphatic hydroxyl groups is 1. The highest BCUT2D eigenvalue weighted by molar-refractivity contribution is 14.1. The molecule has 10 atom stereocenters. The summed E-state index contributed by atoms with van der Waals surface area (Å²) in [5.41, 5.74) is -3.34. The minimum atomic E-state index is -2.35. The highest BCUT2D eigenvalue weighted by Crippen LogP contribution is 2.53. The molecule has 8 amide bonds. The zero-order valence-corrected chi connectivity index (χ0v) is 54.1. The number of fused-ring (bicyclic) bond motifs is 6. The number of ether oxygens (including phenoxy) is 7. The quantitative estimate of drug-likeness (QED) is 0.0164. The summed E-state index contributed by atoms with van der Waals surface area (Å²) in [5.74, 6) is -7.50. The Labute approximate surface area is 544 Å². The first-order valence-corrected chi connectivity index (χ1v) is 31.4. The van der Waals surface area contributed by atoms with Crippen LogP contribution in [0.15, 0.2) is 55.1 Å². The van der Waals surface area contributed by atoms with Crippen LogP contribution in [0.4, 0.5) is 4.79 Å². The number of phenols is 2. The number of rotatable bonds is 25. The van der Waals surface area contributed by atoms with E-state index in [0.717, 1.165) is 17.7 Å². The Morgan fingerprint density at radius 1 is 0.880 bits per heavy atom. The number of amides is 8. The molecule has 9 rings (SSSR count). The number of ketones is 2. The number of carbonyl (C=O) groups is 10. The maximum absolute atomic E-state index is 14.4. The summed E-state index contributed by atoms with van der Waals surface area (Å²) >= 11 is 2.18. The van der Waals surface area contributed by atoms with Crippen molar-refractivity contribution in [3.63, 3.8) is 0 Å². The number of hydrogen-bond acceptors (Lipinski definition) is 21. The molecule has 0 saturated carbocycles. The fourth-order valence-electron chi connectivity index (χ4n) is 12.5. The highest BCUT2D eigenvalue weighted by Gasteiger charge is 2.56. The lowest BCUT2D eigenvalue weighted by Gasteiger charge is -2.43. The molecule has 0 radical (unpaired) electrons. The summed E-state index contributed by atoms with van der Waals surface area (Å²) in [7, 11) is 5.75. The first-order chi connectivity index (χ1) is 43.8. The smallest absolute Gasteiger partial charge is 0.415 e. The number of aromatic hydroxyl groups is 2. The maximum Gasteiger partial charge on any atom is 0.415 e. The number of alkyl halides is 1. The molecule has 0 spiro atoms. The highest BCUT2D eigenvalue weighted by atomic mass is 127. The number of nitrogens with one attached hydrogen (secondary N) is 4. The van der Waals surface area contributed by atoms with Gasteiger partial charge >= 0.3 is 6.09 Å². The van der Waals surface area contributed by atoms with Gasteiger partial charge in [0.05, 0.1) is 71.6 Å². The summed E-state index contributed by atoms with van der Waals surface area (Å²) in [5, 5.41) is 46.6. The molecule has 92 heavy (non-hydrogen) atoms. The van der Waals surface area contributed by atoms with E-state index in [9.17, 15) is 63.3 Å². The van der Waals surface area contributed by atoms with Crippen LogP contribution in [0.3, 0.4) is 0 Å². The van der Waals surface area contributed by atoms with Gasteiger partial charge in [-0.2, -0.15) is 0 Å². The van der Waals surface area contributed by atoms with Crippen LogP contribution >= 0.6 is 22.6 Å². The van der Waals surface area contributed by atoms with E-state index in [-0.39, 0.29) is 97.1 Å². The fourth-order valence-corrected chi connectivity index (χ4v) is 13.3. The van der Waals surface area contributed by atoms with E-state index in [0.29, 0.717) is 25.1 Å². The SMILES string of the molecule is C=CC(I)(CCCC)C1CC(=O)N(CCC(=O)NCC(=O)NCC(=O)NCC(=O)N(C)CCN(C)C(=O)Oc2ccc(CNC(=O)[C@]3(O)Cc4c(O)c5c(c(O)c4[C@@H](O[C@H]4C[C@H]6[C@H](O[C@@H]7[C@@H](OC)OCCN76)[C@H](C)O4)C3)C(=O)c3c(OC)cccc3C5=O)cc2)C1=O. The number of nitrogens with zero attached hydrogens (tertiary/aromatic N) is 4. The summed E-state index contributed by atoms with van der Waals surface area (Å²) in [4.78, 5) is 138. The van der Waals surface area contributed by atoms with Crippen LogP contribution in [0.2, 0.25) is 0 Å². The van der Waals surface area contributed by atoms with Crippen molar-refractivity contribution in [3.8, 4) is 23.0 Å². The molecule has 4 heterocycles. The van der Waals surface area contributed by atoms with Crippen molar-refractivity contribution >= 4 is 81.6 Å². The number of likely N-dealkylation sites (N-methyl/N-ethyl adjacent to an activating group) is 2. The van der Waals surface area contributed by atoms with E-state index in [2.05, 4.69) is 55.3 Å². The predicted molar refractivity (Wildman–Crippen MR) is 331 cm³/mol. The van der Waals surface area contributed by atoms with Gasteiger partial charge in [-0.05, 0) is 37.1 Å². The van der Waals surface area contributed by atoms with Crippen LogP contribution in [0, 0.1) is 5.92 Å². The van der Waals surface area contributed by atoms with E-state index in [1.807, 2.05) is 6.92 Å². The molecule has 6 aliphatic rings. The van der Waals surface area contributed by atoms with Crippen LogP contribution in [0.1, 0.15) is 113 Å². The molecule has 7 N–H and O–H groups in total. The zero-order valence-electron chi connectivity index (χ0n) is 51.9. The topological polar surface area (TPSA) is 357 Å². The van der Waals surface area contributed by atoms with E-state index in [1.165, 1.54) is 68.4 Å². The Morgan fingerprint density at radius 3 is 2.25 bits per heavy atom. The predicted octanol–water partition coefficient (Wildman–Crippen LogP) is 2.02. The number of hydrogen-bond donors (Lipinski definition) is 7. The molecule has 0 aromatic heterocycles. The number of morpholine rings is 1. The monoisotopic (exact) mass is 1390 g/mol. The second-order valence-electron chi connectivity index (χ2n) is 23.6. The Balaban J connectivity index is 0.740. The number of carbonyl (C=O) groups excluding carboxylic acids is 10. The molecule has 3 aromatic rings. The van der Waals surface area contributed by atoms with E-state index in [4.69, 9.17) is 33.2 Å². The van der Waals surface area contributed by atoms with E-state index >= 15 is 0 Å². The van der Waals surface area contributed by atoms with Gasteiger partial charge < -0.3 is 79.5 Å². The Kier molecular flexibility index (Phi) is 21.7. The van der Waals surface area contributed by atoms with Crippen LogP contribution in [-0.4, -0.2) is 221 Å². The van der Waals surface area contributed by atoms with Gasteiger partial charge in [0.2, 0.25) is 41.2 Å². The van der Waals surface area contributed by atoms with Gasteiger partial charge in [-0.25, -0.2) is 4.79 Å². The molecular formula is C63H77IN8O20. The largest absolute Gasteiger partial charge is 0.507 e. The Bertz CT molecular complexity index is 3410. The summed E-state index contributed by atoms with van der Waals surface area (Å²) < 4.78 is 41.1. The van der Waals surface area contributed by atoms with Crippen molar-refractivity contribution in [3.05, 3.63) is 94.1 Å². The van der Waals surface area contributed by atoms with Crippen LogP contribution in [0.25, 0.3) is 0 Å². The number of halogens is 1. The molecule has 4 aliphatic heterocycles. The number of imide groups is 1. The Hall–Kier alpha value is -7.65. The molecule has 4 fully saturated rings. The third kappa shape index (κ3) is 14.4. The maximum atomic E-state index is 14.4. The zero-order chi connectivity index (χ0) is 66.5. The molecule has 0 bridgehead atoms. The summed E-state index contributed by atoms with van der Waals surface area (Å²) in [6, 6.07) is 10.2. The first-order valence-electron chi connectivity index (χ1n) is 30.3. The normalized spacial score (nSPS) is 24.6. The molecule has 2 unspecified atom stereocenters. The lowest BCUT2D eigenvalue weighted by molar-refractivity contribution is -0.256. The van der Waals surface area contributed by atoms with Crippen molar-refractivity contribution in [1.82, 2.24) is 40.9 Å². The van der Waals surface area contributed by atoms with Crippen LogP contribution in [0.5, 0.6) is 23.0 Å². The number of phenolic OH excluding ortho intramolecular Hbond substituents is 2. The molecule has 496 valence electrons. The van der Waals surface area contributed by atoms with Gasteiger partial charge in [0.25, 0.3) is 5.91 Å². The lowest BCUT2D eigenvalue weighted by atomic mass is 9.72. The average Bonchev–Trinajstić information content (AvgIpc) is 0.979. The molecule has 3 aromatic carbocycles. The number of likely N-dealkylation sites (tertiary alicyclic amines) is 1. The third-order valence-corrected chi connectivity index (χ3v) is 19.4. The molecule has 2 aliphatic carbocycles. The van der Waals surface area contributed by atoms with Crippen LogP contribution < -0.4 is 30.7 Å². The fraction of sp³-hybridized carbons (Fsp3) is 0.524. The van der Waals surface area contributed by atoms with Gasteiger partial charge in [-0.1, -0.05) is 72.7 Å². The van der Waals surface area contributed by atoms with E-state index < -0.39 is 154 Å². The van der Waals surface area contributed by atoms with Crippen molar-refractivity contribution in [2.24, 2.45) is 5.92 Å². The average molecular weight is 1390 g/mol. The van der Waals surface area contributed by atoms with E-state index in [1.54, 1.807) is 25.1 Å². The van der Waals surface area contributed by atoms with Crippen molar-refractivity contribution < 1.29 is 96.4 Å². The minimum absolute atomic E-state index is 0.0171. The lowest BCUT2D eigenvalue weighted by Crippen LogP contribution is -2.55. The first kappa shape index (κ1) is 68.7. The third-order valence-electron chi connectivity index (χ3n) is 17.7. The second-order valence-corrected chi connectivity index (χ2v) is 25.6. The molecular weight excluding hydrogens is 1320 g/mol. The van der Waals surface area contributed by atoms with Crippen molar-refractivity contribution in [1.29, 1.82) is 0 Å². The number of allylic oxidation sites excluding steroid dienone is 1. The van der Waals surface area contributed by atoms with Crippen molar-refractivity contribution in [2.45, 2.75) is 124 Å². The Morgan fingerprint density at radius 2 is 1.57 bits per heavy atom. The minimum Gasteiger partial charge on any atom is -0.507 e. The molecule has 28 nitrogen and oxygen atoms in total. The number of unbranched alkanes of at least 4 members (excludes halogenated alkanes) is 1. The second kappa shape index (κ2) is 29.1. The van der Waals surface area contributed by atoms with Crippen LogP contribution in [-0.2, 0) is 70.2 Å². The van der Waals surface area contributed by atoms with Gasteiger partial charge in [0.15, 0.2) is 24.6 Å². The van der Waals surface area contributed by atoms with Gasteiger partial charge in [-0.15, -0.1) is 6.58 Å². The number of methoxy groups -OCH3 is 2. The summed E-state index contributed by atoms with van der Waals surface area (Å²) in [6.45, 7) is 6.93. The van der Waals surface area contributed by atoms with Crippen molar-refractivity contribution in [2.75, 3.05) is 80.7 Å². The number of benzene rings is 3. The molecule has 4 saturated heterocycles.